The Bertz CT molecular complexity index is 542. The smallest absolute Gasteiger partial charge is 0.182 e. The zero-order valence-corrected chi connectivity index (χ0v) is 9.38. The van der Waals surface area contributed by atoms with E-state index in [0.717, 1.165) is 11.3 Å². The Balaban J connectivity index is 2.08. The second kappa shape index (κ2) is 5.03. The topological polar surface area (TPSA) is 74.5 Å². The SMILES string of the molecule is Cc1ccc(CNc2nccnc2C#N)cn1. The molecule has 5 heteroatoms. The highest BCUT2D eigenvalue weighted by molar-refractivity contribution is 5.46. The fourth-order valence-corrected chi connectivity index (χ4v) is 1.34. The summed E-state index contributed by atoms with van der Waals surface area (Å²) >= 11 is 0. The molecule has 0 aliphatic carbocycles. The standard InChI is InChI=1S/C12H11N5/c1-9-2-3-10(7-16-9)8-17-12-11(6-13)14-4-5-15-12/h2-5,7H,8H2,1H3,(H,15,17). The Hall–Kier alpha value is -2.48. The van der Waals surface area contributed by atoms with Gasteiger partial charge in [0.25, 0.3) is 0 Å². The molecular formula is C12H11N5. The van der Waals surface area contributed by atoms with E-state index in [-0.39, 0.29) is 0 Å². The van der Waals surface area contributed by atoms with Gasteiger partial charge in [-0.15, -0.1) is 0 Å². The van der Waals surface area contributed by atoms with E-state index >= 15 is 0 Å². The van der Waals surface area contributed by atoms with E-state index in [9.17, 15) is 0 Å². The largest absolute Gasteiger partial charge is 0.364 e. The van der Waals surface area contributed by atoms with Gasteiger partial charge in [0.15, 0.2) is 11.5 Å². The van der Waals surface area contributed by atoms with Crippen LogP contribution < -0.4 is 5.32 Å². The van der Waals surface area contributed by atoms with Gasteiger partial charge in [0.05, 0.1) is 0 Å². The van der Waals surface area contributed by atoms with Crippen molar-refractivity contribution in [2.75, 3.05) is 5.32 Å². The number of rotatable bonds is 3. The molecule has 5 nitrogen and oxygen atoms in total. The monoisotopic (exact) mass is 225 g/mol. The lowest BCUT2D eigenvalue weighted by molar-refractivity contribution is 1.05. The third kappa shape index (κ3) is 2.75. The number of aromatic nitrogens is 3. The summed E-state index contributed by atoms with van der Waals surface area (Å²) in [6, 6.07) is 5.92. The van der Waals surface area contributed by atoms with Crippen molar-refractivity contribution in [2.24, 2.45) is 0 Å². The van der Waals surface area contributed by atoms with E-state index in [1.807, 2.05) is 25.1 Å². The first kappa shape index (κ1) is 11.0. The van der Waals surface area contributed by atoms with Crippen LogP contribution in [0.3, 0.4) is 0 Å². The summed E-state index contributed by atoms with van der Waals surface area (Å²) in [5.41, 5.74) is 2.31. The summed E-state index contributed by atoms with van der Waals surface area (Å²) in [6.07, 6.45) is 4.85. The third-order valence-electron chi connectivity index (χ3n) is 2.24. The van der Waals surface area contributed by atoms with Gasteiger partial charge in [-0.05, 0) is 18.6 Å². The van der Waals surface area contributed by atoms with Crippen molar-refractivity contribution in [1.82, 2.24) is 15.0 Å². The van der Waals surface area contributed by atoms with E-state index in [1.54, 1.807) is 12.4 Å². The first-order valence-electron chi connectivity index (χ1n) is 5.16. The van der Waals surface area contributed by atoms with Gasteiger partial charge in [-0.1, -0.05) is 6.07 Å². The predicted molar refractivity (Wildman–Crippen MR) is 63.0 cm³/mol. The van der Waals surface area contributed by atoms with Gasteiger partial charge in [-0.25, -0.2) is 9.97 Å². The molecule has 0 fully saturated rings. The van der Waals surface area contributed by atoms with Crippen LogP contribution in [0.5, 0.6) is 0 Å². The lowest BCUT2D eigenvalue weighted by Crippen LogP contribution is -2.04. The lowest BCUT2D eigenvalue weighted by Gasteiger charge is -2.05. The molecule has 17 heavy (non-hydrogen) atoms. The second-order valence-electron chi connectivity index (χ2n) is 3.53. The van der Waals surface area contributed by atoms with Crippen LogP contribution in [0.1, 0.15) is 17.0 Å². The molecule has 0 aliphatic heterocycles. The van der Waals surface area contributed by atoms with Gasteiger partial charge < -0.3 is 5.32 Å². The van der Waals surface area contributed by atoms with E-state index in [0.29, 0.717) is 18.1 Å². The van der Waals surface area contributed by atoms with E-state index in [2.05, 4.69) is 20.3 Å². The minimum absolute atomic E-state index is 0.299. The average molecular weight is 225 g/mol. The maximum Gasteiger partial charge on any atom is 0.182 e. The number of hydrogen-bond acceptors (Lipinski definition) is 5. The molecule has 84 valence electrons. The van der Waals surface area contributed by atoms with Gasteiger partial charge in [-0.2, -0.15) is 5.26 Å². The predicted octanol–water partition coefficient (Wildman–Crippen LogP) is 1.66. The fraction of sp³-hybridized carbons (Fsp3) is 0.167. The van der Waals surface area contributed by atoms with Crippen LogP contribution in [0, 0.1) is 18.3 Å². The molecule has 0 unspecified atom stereocenters. The average Bonchev–Trinajstić information content (AvgIpc) is 2.38. The van der Waals surface area contributed by atoms with Crippen molar-refractivity contribution < 1.29 is 0 Å². The summed E-state index contributed by atoms with van der Waals surface area (Å²) in [6.45, 7) is 2.51. The first-order chi connectivity index (χ1) is 8.29. The van der Waals surface area contributed by atoms with Crippen molar-refractivity contribution >= 4 is 5.82 Å². The number of hydrogen-bond donors (Lipinski definition) is 1. The summed E-state index contributed by atoms with van der Waals surface area (Å²) < 4.78 is 0. The molecule has 1 N–H and O–H groups in total. The molecule has 0 aromatic carbocycles. The summed E-state index contributed by atoms with van der Waals surface area (Å²) in [5.74, 6) is 0.496. The Labute approximate surface area is 99.2 Å². The van der Waals surface area contributed by atoms with Crippen molar-refractivity contribution in [3.63, 3.8) is 0 Å². The zero-order chi connectivity index (χ0) is 12.1. The van der Waals surface area contributed by atoms with E-state index in [1.165, 1.54) is 6.20 Å². The van der Waals surface area contributed by atoms with Crippen LogP contribution in [0.15, 0.2) is 30.7 Å². The van der Waals surface area contributed by atoms with Crippen molar-refractivity contribution in [3.8, 4) is 6.07 Å². The molecule has 0 spiro atoms. The number of pyridine rings is 1. The lowest BCUT2D eigenvalue weighted by atomic mass is 10.2. The molecule has 2 heterocycles. The van der Waals surface area contributed by atoms with Gasteiger partial charge in [0.1, 0.15) is 6.07 Å². The molecule has 0 amide bonds. The Morgan fingerprint density at radius 3 is 2.76 bits per heavy atom. The number of nitriles is 1. The van der Waals surface area contributed by atoms with Crippen LogP contribution in [0.25, 0.3) is 0 Å². The highest BCUT2D eigenvalue weighted by atomic mass is 15.0. The van der Waals surface area contributed by atoms with Gasteiger partial charge in [0.2, 0.25) is 0 Å². The molecule has 2 rings (SSSR count). The summed E-state index contributed by atoms with van der Waals surface area (Å²) in [7, 11) is 0. The number of nitrogens with one attached hydrogen (secondary N) is 1. The van der Waals surface area contributed by atoms with Crippen molar-refractivity contribution in [1.29, 1.82) is 5.26 Å². The van der Waals surface area contributed by atoms with E-state index < -0.39 is 0 Å². The maximum absolute atomic E-state index is 8.85. The van der Waals surface area contributed by atoms with Crippen molar-refractivity contribution in [3.05, 3.63) is 47.7 Å². The van der Waals surface area contributed by atoms with Crippen molar-refractivity contribution in [2.45, 2.75) is 13.5 Å². The third-order valence-corrected chi connectivity index (χ3v) is 2.24. The summed E-state index contributed by atoms with van der Waals surface area (Å²) in [4.78, 5) is 12.2. The van der Waals surface area contributed by atoms with Crippen LogP contribution >= 0.6 is 0 Å². The number of nitrogens with zero attached hydrogens (tertiary/aromatic N) is 4. The molecule has 0 atom stereocenters. The zero-order valence-electron chi connectivity index (χ0n) is 9.38. The second-order valence-corrected chi connectivity index (χ2v) is 3.53. The van der Waals surface area contributed by atoms with Crippen LogP contribution in [0.4, 0.5) is 5.82 Å². The molecule has 2 aromatic heterocycles. The highest BCUT2D eigenvalue weighted by Crippen LogP contribution is 2.08. The molecule has 0 saturated carbocycles. The Kier molecular flexibility index (Phi) is 3.26. The minimum atomic E-state index is 0.299. The molecule has 0 saturated heterocycles. The van der Waals surface area contributed by atoms with Crippen LogP contribution in [-0.2, 0) is 6.54 Å². The molecular weight excluding hydrogens is 214 g/mol. The van der Waals surface area contributed by atoms with Crippen LogP contribution in [-0.4, -0.2) is 15.0 Å². The van der Waals surface area contributed by atoms with Gasteiger partial charge >= 0.3 is 0 Å². The minimum Gasteiger partial charge on any atom is -0.364 e. The van der Waals surface area contributed by atoms with Gasteiger partial charge in [0, 0.05) is 30.8 Å². The number of aryl methyl sites for hydroxylation is 1. The van der Waals surface area contributed by atoms with E-state index in [4.69, 9.17) is 5.26 Å². The molecule has 0 bridgehead atoms. The summed E-state index contributed by atoms with van der Waals surface area (Å²) in [5, 5.41) is 11.9. The quantitative estimate of drug-likeness (QED) is 0.859. The van der Waals surface area contributed by atoms with Gasteiger partial charge in [-0.3, -0.25) is 4.98 Å². The Morgan fingerprint density at radius 2 is 2.06 bits per heavy atom. The maximum atomic E-state index is 8.85. The fourth-order valence-electron chi connectivity index (χ4n) is 1.34. The molecule has 0 aliphatic rings. The molecule has 0 radical (unpaired) electrons. The first-order valence-corrected chi connectivity index (χ1v) is 5.16. The Morgan fingerprint density at radius 1 is 1.24 bits per heavy atom. The normalized spacial score (nSPS) is 9.65. The van der Waals surface area contributed by atoms with Crippen LogP contribution in [0.2, 0.25) is 0 Å². The highest BCUT2D eigenvalue weighted by Gasteiger charge is 2.03. The number of anilines is 1. The molecule has 2 aromatic rings.